The van der Waals surface area contributed by atoms with Crippen molar-refractivity contribution in [1.82, 2.24) is 5.32 Å². The number of carbonyl (C=O) groups is 1. The van der Waals surface area contributed by atoms with Gasteiger partial charge in [0.05, 0.1) is 0 Å². The van der Waals surface area contributed by atoms with E-state index in [1.807, 2.05) is 36.6 Å². The summed E-state index contributed by atoms with van der Waals surface area (Å²) in [4.78, 5) is 17.5. The maximum absolute atomic E-state index is 12.0. The van der Waals surface area contributed by atoms with E-state index in [1.54, 1.807) is 11.3 Å². The number of aliphatic imine (C=N–C) groups is 1. The summed E-state index contributed by atoms with van der Waals surface area (Å²) in [5, 5.41) is 7.91. The molecule has 0 radical (unpaired) electrons. The zero-order valence-electron chi connectivity index (χ0n) is 13.5. The number of anilines is 1. The molecule has 2 rings (SSSR count). The van der Waals surface area contributed by atoms with Crippen molar-refractivity contribution in [2.75, 3.05) is 18.4 Å². The first-order valence-electron chi connectivity index (χ1n) is 7.67. The largest absolute Gasteiger partial charge is 0.370 e. The van der Waals surface area contributed by atoms with Crippen LogP contribution in [-0.2, 0) is 11.2 Å². The number of rotatable bonds is 7. The molecule has 1 amide bonds. The van der Waals surface area contributed by atoms with Crippen molar-refractivity contribution in [3.63, 3.8) is 0 Å². The van der Waals surface area contributed by atoms with Crippen molar-refractivity contribution in [1.29, 1.82) is 0 Å². The van der Waals surface area contributed by atoms with Crippen LogP contribution in [0.4, 0.5) is 5.69 Å². The van der Waals surface area contributed by atoms with Crippen LogP contribution in [0.2, 0.25) is 0 Å². The van der Waals surface area contributed by atoms with E-state index < -0.39 is 0 Å². The molecule has 0 fully saturated rings. The number of nitrogens with zero attached hydrogens (tertiary/aromatic N) is 1. The van der Waals surface area contributed by atoms with Gasteiger partial charge in [-0.05, 0) is 42.1 Å². The van der Waals surface area contributed by atoms with Gasteiger partial charge in [-0.1, -0.05) is 22.0 Å². The Morgan fingerprint density at radius 1 is 1.38 bits per heavy atom. The summed E-state index contributed by atoms with van der Waals surface area (Å²) < 4.78 is 0.992. The molecule has 0 atom stereocenters. The lowest BCUT2D eigenvalue weighted by Crippen LogP contribution is -2.34. The summed E-state index contributed by atoms with van der Waals surface area (Å²) in [6.07, 6.45) is 1.21. The minimum absolute atomic E-state index is 0.0562. The number of benzene rings is 1. The summed E-state index contributed by atoms with van der Waals surface area (Å²) >= 11 is 5.12. The normalized spacial score (nSPS) is 11.3. The zero-order chi connectivity index (χ0) is 17.4. The molecule has 0 unspecified atom stereocenters. The molecule has 0 spiro atoms. The van der Waals surface area contributed by atoms with Gasteiger partial charge in [-0.3, -0.25) is 9.79 Å². The third-order valence-corrected chi connectivity index (χ3v) is 4.77. The van der Waals surface area contributed by atoms with Gasteiger partial charge in [0.25, 0.3) is 0 Å². The van der Waals surface area contributed by atoms with Crippen molar-refractivity contribution < 1.29 is 4.79 Å². The molecule has 1 heterocycles. The SMILES string of the molecule is Cc1cc(Br)ccc1NC(=O)CCNC(N)=NCCc1cccs1. The average Bonchev–Trinajstić information content (AvgIpc) is 3.03. The van der Waals surface area contributed by atoms with Crippen LogP contribution in [0.15, 0.2) is 45.2 Å². The Labute approximate surface area is 154 Å². The molecule has 0 aliphatic heterocycles. The van der Waals surface area contributed by atoms with E-state index in [9.17, 15) is 4.79 Å². The van der Waals surface area contributed by atoms with Gasteiger partial charge in [0, 0.05) is 41.0 Å². The molecule has 5 nitrogen and oxygen atoms in total. The van der Waals surface area contributed by atoms with Gasteiger partial charge in [-0.2, -0.15) is 0 Å². The second-order valence-corrected chi connectivity index (χ2v) is 7.23. The molecule has 0 saturated carbocycles. The molecule has 24 heavy (non-hydrogen) atoms. The van der Waals surface area contributed by atoms with Crippen molar-refractivity contribution >= 4 is 44.8 Å². The third kappa shape index (κ3) is 6.33. The van der Waals surface area contributed by atoms with Crippen LogP contribution >= 0.6 is 27.3 Å². The van der Waals surface area contributed by atoms with Crippen molar-refractivity contribution in [3.05, 3.63) is 50.6 Å². The van der Waals surface area contributed by atoms with Crippen LogP contribution < -0.4 is 16.4 Å². The number of halogens is 1. The smallest absolute Gasteiger partial charge is 0.226 e. The predicted molar refractivity (Wildman–Crippen MR) is 105 cm³/mol. The number of hydrogen-bond acceptors (Lipinski definition) is 3. The second kappa shape index (κ2) is 9.44. The Bertz CT molecular complexity index is 701. The summed E-state index contributed by atoms with van der Waals surface area (Å²) in [7, 11) is 0. The van der Waals surface area contributed by atoms with E-state index in [0.717, 1.165) is 22.1 Å². The van der Waals surface area contributed by atoms with E-state index in [4.69, 9.17) is 5.73 Å². The number of guanidine groups is 1. The zero-order valence-corrected chi connectivity index (χ0v) is 15.9. The van der Waals surface area contributed by atoms with Crippen LogP contribution in [0, 0.1) is 6.92 Å². The van der Waals surface area contributed by atoms with Gasteiger partial charge in [-0.15, -0.1) is 11.3 Å². The van der Waals surface area contributed by atoms with Crippen molar-refractivity contribution in [2.45, 2.75) is 19.8 Å². The van der Waals surface area contributed by atoms with Gasteiger partial charge < -0.3 is 16.4 Å². The Kier molecular flexibility index (Phi) is 7.27. The number of thiophene rings is 1. The molecule has 1 aromatic carbocycles. The number of nitrogens with one attached hydrogen (secondary N) is 2. The van der Waals surface area contributed by atoms with Crippen LogP contribution in [0.5, 0.6) is 0 Å². The molecule has 0 saturated heterocycles. The van der Waals surface area contributed by atoms with E-state index in [-0.39, 0.29) is 5.91 Å². The highest BCUT2D eigenvalue weighted by Crippen LogP contribution is 2.20. The first-order chi connectivity index (χ1) is 11.5. The van der Waals surface area contributed by atoms with Gasteiger partial charge in [0.2, 0.25) is 5.91 Å². The van der Waals surface area contributed by atoms with Gasteiger partial charge >= 0.3 is 0 Å². The predicted octanol–water partition coefficient (Wildman–Crippen LogP) is 3.29. The fraction of sp³-hybridized carbons (Fsp3) is 0.294. The first-order valence-corrected chi connectivity index (χ1v) is 9.34. The lowest BCUT2D eigenvalue weighted by Gasteiger charge is -2.09. The first kappa shape index (κ1) is 18.5. The Morgan fingerprint density at radius 3 is 2.92 bits per heavy atom. The van der Waals surface area contributed by atoms with Gasteiger partial charge in [-0.25, -0.2) is 0 Å². The summed E-state index contributed by atoms with van der Waals surface area (Å²) in [5.74, 6) is 0.318. The molecule has 2 aromatic rings. The van der Waals surface area contributed by atoms with Gasteiger partial charge in [0.1, 0.15) is 0 Å². The highest BCUT2D eigenvalue weighted by atomic mass is 79.9. The molecular weight excluding hydrogens is 388 g/mol. The van der Waals surface area contributed by atoms with Crippen LogP contribution in [-0.4, -0.2) is 25.0 Å². The molecule has 0 aliphatic carbocycles. The topological polar surface area (TPSA) is 79.5 Å². The maximum atomic E-state index is 12.0. The van der Waals surface area contributed by atoms with E-state index in [0.29, 0.717) is 25.5 Å². The lowest BCUT2D eigenvalue weighted by atomic mass is 10.2. The second-order valence-electron chi connectivity index (χ2n) is 5.28. The molecule has 4 N–H and O–H groups in total. The average molecular weight is 409 g/mol. The minimum atomic E-state index is -0.0562. The molecule has 1 aromatic heterocycles. The van der Waals surface area contributed by atoms with Crippen molar-refractivity contribution in [2.24, 2.45) is 10.7 Å². The fourth-order valence-electron chi connectivity index (χ4n) is 2.08. The molecule has 128 valence electrons. The molecule has 0 aliphatic rings. The monoisotopic (exact) mass is 408 g/mol. The highest BCUT2D eigenvalue weighted by Gasteiger charge is 2.05. The van der Waals surface area contributed by atoms with Crippen LogP contribution in [0.1, 0.15) is 16.9 Å². The van der Waals surface area contributed by atoms with Crippen LogP contribution in [0.3, 0.4) is 0 Å². The maximum Gasteiger partial charge on any atom is 0.226 e. The third-order valence-electron chi connectivity index (χ3n) is 3.34. The lowest BCUT2D eigenvalue weighted by molar-refractivity contribution is -0.116. The summed E-state index contributed by atoms with van der Waals surface area (Å²) in [6, 6.07) is 9.85. The number of aryl methyl sites for hydroxylation is 1. The van der Waals surface area contributed by atoms with E-state index in [1.165, 1.54) is 4.88 Å². The number of hydrogen-bond donors (Lipinski definition) is 3. The fourth-order valence-corrected chi connectivity index (χ4v) is 3.26. The van der Waals surface area contributed by atoms with Crippen LogP contribution in [0.25, 0.3) is 0 Å². The Hall–Kier alpha value is -1.86. The standard InChI is InChI=1S/C17H21BrN4OS/c1-12-11-13(18)4-5-15(12)22-16(23)7-9-21-17(19)20-8-6-14-3-2-10-24-14/h2-5,10-11H,6-9H2,1H3,(H,22,23)(H3,19,20,21). The van der Waals surface area contributed by atoms with Gasteiger partial charge in [0.15, 0.2) is 5.96 Å². The number of carbonyl (C=O) groups excluding carboxylic acids is 1. The van der Waals surface area contributed by atoms with E-state index in [2.05, 4.69) is 37.6 Å². The summed E-state index contributed by atoms with van der Waals surface area (Å²) in [5.41, 5.74) is 7.63. The summed E-state index contributed by atoms with van der Waals surface area (Å²) in [6.45, 7) is 3.05. The molecule has 7 heteroatoms. The molecular formula is C17H21BrN4OS. The van der Waals surface area contributed by atoms with E-state index >= 15 is 0 Å². The Morgan fingerprint density at radius 2 is 2.21 bits per heavy atom. The Balaban J connectivity index is 1.68. The number of amides is 1. The minimum Gasteiger partial charge on any atom is -0.370 e. The number of nitrogens with two attached hydrogens (primary N) is 1. The quantitative estimate of drug-likeness (QED) is 0.485. The highest BCUT2D eigenvalue weighted by molar-refractivity contribution is 9.10. The molecule has 0 bridgehead atoms. The van der Waals surface area contributed by atoms with Crippen molar-refractivity contribution in [3.8, 4) is 0 Å².